The summed E-state index contributed by atoms with van der Waals surface area (Å²) in [6, 6.07) is 3.25. The Bertz CT molecular complexity index is 420. The molecule has 5 heteroatoms. The summed E-state index contributed by atoms with van der Waals surface area (Å²) in [6.07, 6.45) is 1.33. The quantitative estimate of drug-likeness (QED) is 0.724. The summed E-state index contributed by atoms with van der Waals surface area (Å²) in [6.45, 7) is 1.29. The number of hydrogen-bond acceptors (Lipinski definition) is 3. The van der Waals surface area contributed by atoms with Crippen molar-refractivity contribution < 1.29 is 13.6 Å². The lowest BCUT2D eigenvalue weighted by Gasteiger charge is -2.19. The molecule has 3 nitrogen and oxygen atoms in total. The van der Waals surface area contributed by atoms with Crippen molar-refractivity contribution >= 4 is 11.6 Å². The highest BCUT2D eigenvalue weighted by molar-refractivity contribution is 5.98. The summed E-state index contributed by atoms with van der Waals surface area (Å²) < 4.78 is 26.1. The summed E-state index contributed by atoms with van der Waals surface area (Å²) in [5.41, 5.74) is 0.403. The Morgan fingerprint density at radius 1 is 1.56 bits per heavy atom. The first-order chi connectivity index (χ1) is 7.49. The number of carbonyl (C=O) groups is 1. The molecule has 0 aromatic carbocycles. The van der Waals surface area contributed by atoms with Gasteiger partial charge in [0.15, 0.2) is 5.78 Å². The SMILES string of the molecule is CC(=O)c1cccnc1N1CCC(F)(F)C1. The van der Waals surface area contributed by atoms with Gasteiger partial charge in [-0.15, -0.1) is 0 Å². The molecule has 0 unspecified atom stereocenters. The number of carbonyl (C=O) groups excluding carboxylic acids is 1. The molecule has 0 amide bonds. The van der Waals surface area contributed by atoms with Gasteiger partial charge in [-0.1, -0.05) is 0 Å². The Labute approximate surface area is 92.1 Å². The van der Waals surface area contributed by atoms with Gasteiger partial charge < -0.3 is 4.90 Å². The maximum atomic E-state index is 13.1. The molecule has 0 N–H and O–H groups in total. The van der Waals surface area contributed by atoms with Crippen LogP contribution in [0.3, 0.4) is 0 Å². The van der Waals surface area contributed by atoms with Gasteiger partial charge in [-0.2, -0.15) is 0 Å². The van der Waals surface area contributed by atoms with Crippen LogP contribution in [0.4, 0.5) is 14.6 Å². The van der Waals surface area contributed by atoms with Crippen LogP contribution in [0.15, 0.2) is 18.3 Å². The third kappa shape index (κ3) is 2.03. The van der Waals surface area contributed by atoms with Crippen molar-refractivity contribution in [2.45, 2.75) is 19.3 Å². The summed E-state index contributed by atoms with van der Waals surface area (Å²) in [5, 5.41) is 0. The second kappa shape index (κ2) is 3.81. The smallest absolute Gasteiger partial charge is 0.266 e. The molecule has 1 aromatic heterocycles. The average molecular weight is 226 g/mol. The standard InChI is InChI=1S/C11H12F2N2O/c1-8(16)9-3-2-5-14-10(9)15-6-4-11(12,13)7-15/h2-3,5H,4,6-7H2,1H3. The van der Waals surface area contributed by atoms with E-state index in [1.54, 1.807) is 12.1 Å². The molecule has 1 aliphatic rings. The predicted octanol–water partition coefficient (Wildman–Crippen LogP) is 2.13. The van der Waals surface area contributed by atoms with Gasteiger partial charge in [0.1, 0.15) is 5.82 Å². The van der Waals surface area contributed by atoms with Crippen molar-refractivity contribution in [3.05, 3.63) is 23.9 Å². The van der Waals surface area contributed by atoms with Crippen LogP contribution in [0.5, 0.6) is 0 Å². The summed E-state index contributed by atoms with van der Waals surface area (Å²) in [5.74, 6) is -2.46. The largest absolute Gasteiger partial charge is 0.350 e. The molecule has 0 saturated carbocycles. The fourth-order valence-electron chi connectivity index (χ4n) is 1.84. The van der Waals surface area contributed by atoms with E-state index in [-0.39, 0.29) is 25.3 Å². The van der Waals surface area contributed by atoms with E-state index in [4.69, 9.17) is 0 Å². The van der Waals surface area contributed by atoms with E-state index in [1.807, 2.05) is 0 Å². The van der Waals surface area contributed by atoms with Crippen LogP contribution in [0.2, 0.25) is 0 Å². The molecule has 0 bridgehead atoms. The molecule has 0 atom stereocenters. The van der Waals surface area contributed by atoms with Crippen LogP contribution in [-0.2, 0) is 0 Å². The van der Waals surface area contributed by atoms with Gasteiger partial charge in [0.2, 0.25) is 0 Å². The lowest BCUT2D eigenvalue weighted by molar-refractivity contribution is 0.0256. The topological polar surface area (TPSA) is 33.2 Å². The first-order valence-electron chi connectivity index (χ1n) is 5.08. The number of anilines is 1. The van der Waals surface area contributed by atoms with Gasteiger partial charge in [-0.3, -0.25) is 4.79 Å². The average Bonchev–Trinajstić information content (AvgIpc) is 2.59. The molecule has 1 aliphatic heterocycles. The molecule has 0 aliphatic carbocycles. The third-order valence-corrected chi connectivity index (χ3v) is 2.64. The molecule has 86 valence electrons. The minimum atomic E-state index is -2.68. The second-order valence-electron chi connectivity index (χ2n) is 3.96. The predicted molar refractivity (Wildman–Crippen MR) is 56.0 cm³/mol. The summed E-state index contributed by atoms with van der Waals surface area (Å²) >= 11 is 0. The van der Waals surface area contributed by atoms with Crippen molar-refractivity contribution in [3.8, 4) is 0 Å². The first kappa shape index (κ1) is 11.0. The third-order valence-electron chi connectivity index (χ3n) is 2.64. The van der Waals surface area contributed by atoms with Crippen molar-refractivity contribution in [3.63, 3.8) is 0 Å². The Morgan fingerprint density at radius 3 is 2.88 bits per heavy atom. The minimum Gasteiger partial charge on any atom is -0.350 e. The number of halogens is 2. The molecule has 0 spiro atoms. The highest BCUT2D eigenvalue weighted by Crippen LogP contribution is 2.31. The van der Waals surface area contributed by atoms with Crippen LogP contribution in [0.25, 0.3) is 0 Å². The molecular formula is C11H12F2N2O. The Morgan fingerprint density at radius 2 is 2.31 bits per heavy atom. The molecule has 2 rings (SSSR count). The fraction of sp³-hybridized carbons (Fsp3) is 0.455. The van der Waals surface area contributed by atoms with Gasteiger partial charge in [0.05, 0.1) is 12.1 Å². The number of rotatable bonds is 2. The van der Waals surface area contributed by atoms with Gasteiger partial charge >= 0.3 is 0 Å². The lowest BCUT2D eigenvalue weighted by Crippen LogP contribution is -2.27. The zero-order valence-electron chi connectivity index (χ0n) is 8.91. The Kier molecular flexibility index (Phi) is 2.61. The number of nitrogens with zero attached hydrogens (tertiary/aromatic N) is 2. The number of alkyl halides is 2. The van der Waals surface area contributed by atoms with Crippen LogP contribution in [0.1, 0.15) is 23.7 Å². The van der Waals surface area contributed by atoms with Gasteiger partial charge in [0.25, 0.3) is 5.92 Å². The summed E-state index contributed by atoms with van der Waals surface area (Å²) in [7, 11) is 0. The molecular weight excluding hydrogens is 214 g/mol. The highest BCUT2D eigenvalue weighted by Gasteiger charge is 2.39. The molecule has 1 saturated heterocycles. The second-order valence-corrected chi connectivity index (χ2v) is 3.96. The highest BCUT2D eigenvalue weighted by atomic mass is 19.3. The number of ketones is 1. The zero-order valence-corrected chi connectivity index (χ0v) is 8.91. The van der Waals surface area contributed by atoms with E-state index in [0.717, 1.165) is 0 Å². The van der Waals surface area contributed by atoms with Gasteiger partial charge in [-0.25, -0.2) is 13.8 Å². The Balaban J connectivity index is 2.31. The monoisotopic (exact) mass is 226 g/mol. The number of pyridine rings is 1. The fourth-order valence-corrected chi connectivity index (χ4v) is 1.84. The van der Waals surface area contributed by atoms with Crippen molar-refractivity contribution in [2.75, 3.05) is 18.0 Å². The van der Waals surface area contributed by atoms with E-state index >= 15 is 0 Å². The van der Waals surface area contributed by atoms with E-state index in [0.29, 0.717) is 11.4 Å². The zero-order chi connectivity index (χ0) is 11.8. The van der Waals surface area contributed by atoms with Gasteiger partial charge in [0, 0.05) is 19.2 Å². The molecule has 0 radical (unpaired) electrons. The normalized spacial score (nSPS) is 18.8. The maximum Gasteiger partial charge on any atom is 0.266 e. The van der Waals surface area contributed by atoms with E-state index in [9.17, 15) is 13.6 Å². The van der Waals surface area contributed by atoms with Crippen LogP contribution in [0, 0.1) is 0 Å². The maximum absolute atomic E-state index is 13.1. The van der Waals surface area contributed by atoms with Crippen molar-refractivity contribution in [1.29, 1.82) is 0 Å². The number of Topliss-reactive ketones (excluding diaryl/α,β-unsaturated/α-hetero) is 1. The van der Waals surface area contributed by atoms with Crippen LogP contribution >= 0.6 is 0 Å². The number of hydrogen-bond donors (Lipinski definition) is 0. The molecule has 2 heterocycles. The minimum absolute atomic E-state index is 0.154. The van der Waals surface area contributed by atoms with Crippen LogP contribution in [-0.4, -0.2) is 29.8 Å². The van der Waals surface area contributed by atoms with Crippen molar-refractivity contribution in [2.24, 2.45) is 0 Å². The van der Waals surface area contributed by atoms with Gasteiger partial charge in [-0.05, 0) is 19.1 Å². The molecule has 1 fully saturated rings. The van der Waals surface area contributed by atoms with E-state index < -0.39 is 5.92 Å². The lowest BCUT2D eigenvalue weighted by atomic mass is 10.2. The Hall–Kier alpha value is -1.52. The molecule has 16 heavy (non-hydrogen) atoms. The van der Waals surface area contributed by atoms with Crippen molar-refractivity contribution in [1.82, 2.24) is 4.98 Å². The van der Waals surface area contributed by atoms with Crippen LogP contribution < -0.4 is 4.90 Å². The molecule has 1 aromatic rings. The van der Waals surface area contributed by atoms with E-state index in [2.05, 4.69) is 4.98 Å². The summed E-state index contributed by atoms with van der Waals surface area (Å²) in [4.78, 5) is 16.8. The number of aromatic nitrogens is 1. The first-order valence-corrected chi connectivity index (χ1v) is 5.08. The van der Waals surface area contributed by atoms with E-state index in [1.165, 1.54) is 18.0 Å².